The van der Waals surface area contributed by atoms with Gasteiger partial charge in [0.1, 0.15) is 5.60 Å². The molecule has 40 heavy (non-hydrogen) atoms. The first-order valence-corrected chi connectivity index (χ1v) is 14.6. The van der Waals surface area contributed by atoms with Gasteiger partial charge >= 0.3 is 6.09 Å². The molecule has 2 unspecified atom stereocenters. The van der Waals surface area contributed by atoms with E-state index in [1.54, 1.807) is 14.2 Å². The van der Waals surface area contributed by atoms with Crippen molar-refractivity contribution in [2.45, 2.75) is 89.2 Å². The van der Waals surface area contributed by atoms with Gasteiger partial charge in [-0.05, 0) is 101 Å². The molecule has 2 aromatic carbocycles. The molecule has 0 saturated carbocycles. The lowest BCUT2D eigenvalue weighted by Gasteiger charge is -2.39. The van der Waals surface area contributed by atoms with Gasteiger partial charge in [0.2, 0.25) is 0 Å². The zero-order valence-electron chi connectivity index (χ0n) is 24.3. The number of amides is 1. The largest absolute Gasteiger partial charge is 0.444 e. The van der Waals surface area contributed by atoms with Crippen LogP contribution in [0.25, 0.3) is 0 Å². The quantitative estimate of drug-likeness (QED) is 0.368. The SMILES string of the molecule is CO[C@H]1CCN(C(=O)OC(C)(C)C)C(Cc2ccc(Cl)cc2)C1.CO[C@H]1CCNC(Cc2ccc(Cl)cc2)C1.Cl. The van der Waals surface area contributed by atoms with Crippen LogP contribution in [0.5, 0.6) is 0 Å². The number of piperidine rings is 2. The minimum absolute atomic E-state index is 0. The van der Waals surface area contributed by atoms with E-state index in [1.165, 1.54) is 5.56 Å². The Bertz CT molecular complexity index is 1010. The maximum Gasteiger partial charge on any atom is 0.410 e. The highest BCUT2D eigenvalue weighted by Gasteiger charge is 2.34. The molecule has 1 N–H and O–H groups in total. The van der Waals surface area contributed by atoms with Crippen molar-refractivity contribution < 1.29 is 19.0 Å². The van der Waals surface area contributed by atoms with E-state index >= 15 is 0 Å². The lowest BCUT2D eigenvalue weighted by molar-refractivity contribution is -0.0177. The van der Waals surface area contributed by atoms with Crippen LogP contribution in [0.3, 0.4) is 0 Å². The molecule has 2 heterocycles. The van der Waals surface area contributed by atoms with Crippen molar-refractivity contribution in [3.05, 3.63) is 69.7 Å². The summed E-state index contributed by atoms with van der Waals surface area (Å²) in [5.74, 6) is 0. The summed E-state index contributed by atoms with van der Waals surface area (Å²) in [6.07, 6.45) is 6.06. The number of carbonyl (C=O) groups excluding carboxylic acids is 1. The lowest BCUT2D eigenvalue weighted by atomic mass is 9.94. The maximum atomic E-state index is 12.5. The van der Waals surface area contributed by atoms with E-state index in [0.717, 1.165) is 60.7 Å². The van der Waals surface area contributed by atoms with E-state index in [9.17, 15) is 4.79 Å². The van der Waals surface area contributed by atoms with E-state index in [0.29, 0.717) is 18.7 Å². The third-order valence-corrected chi connectivity index (χ3v) is 7.69. The third kappa shape index (κ3) is 11.8. The number of hydrogen-bond donors (Lipinski definition) is 1. The number of likely N-dealkylation sites (tertiary alicyclic amines) is 1. The van der Waals surface area contributed by atoms with Crippen LogP contribution in [0.15, 0.2) is 48.5 Å². The van der Waals surface area contributed by atoms with Crippen LogP contribution in [-0.4, -0.2) is 68.2 Å². The lowest BCUT2D eigenvalue weighted by Crippen LogP contribution is -2.50. The van der Waals surface area contributed by atoms with Gasteiger partial charge in [-0.3, -0.25) is 0 Å². The van der Waals surface area contributed by atoms with Gasteiger partial charge in [-0.25, -0.2) is 4.79 Å². The molecular weight excluding hydrogens is 571 g/mol. The van der Waals surface area contributed by atoms with Crippen LogP contribution in [0, 0.1) is 0 Å². The second kappa shape index (κ2) is 16.8. The fraction of sp³-hybridized carbons (Fsp3) is 0.581. The monoisotopic (exact) mass is 614 g/mol. The van der Waals surface area contributed by atoms with E-state index in [4.69, 9.17) is 37.4 Å². The minimum Gasteiger partial charge on any atom is -0.444 e. The van der Waals surface area contributed by atoms with Crippen molar-refractivity contribution in [3.63, 3.8) is 0 Å². The minimum atomic E-state index is -0.486. The van der Waals surface area contributed by atoms with Crippen molar-refractivity contribution in [3.8, 4) is 0 Å². The summed E-state index contributed by atoms with van der Waals surface area (Å²) in [6, 6.07) is 16.5. The molecule has 0 bridgehead atoms. The third-order valence-electron chi connectivity index (χ3n) is 7.19. The Labute approximate surface area is 256 Å². The van der Waals surface area contributed by atoms with Crippen molar-refractivity contribution in [1.82, 2.24) is 10.2 Å². The number of benzene rings is 2. The summed E-state index contributed by atoms with van der Waals surface area (Å²) in [7, 11) is 3.53. The number of hydrogen-bond acceptors (Lipinski definition) is 5. The molecule has 224 valence electrons. The van der Waals surface area contributed by atoms with Gasteiger partial charge < -0.3 is 24.4 Å². The summed E-state index contributed by atoms with van der Waals surface area (Å²) in [4.78, 5) is 14.3. The molecule has 2 fully saturated rings. The van der Waals surface area contributed by atoms with Gasteiger partial charge in [-0.15, -0.1) is 12.4 Å². The molecule has 0 spiro atoms. The van der Waals surface area contributed by atoms with Crippen LogP contribution < -0.4 is 5.32 Å². The van der Waals surface area contributed by atoms with Gasteiger partial charge in [0.15, 0.2) is 0 Å². The van der Waals surface area contributed by atoms with E-state index in [1.807, 2.05) is 62.1 Å². The summed E-state index contributed by atoms with van der Waals surface area (Å²) in [6.45, 7) is 7.38. The fourth-order valence-corrected chi connectivity index (χ4v) is 5.37. The highest BCUT2D eigenvalue weighted by Crippen LogP contribution is 2.25. The van der Waals surface area contributed by atoms with Crippen LogP contribution in [0.4, 0.5) is 4.79 Å². The number of carbonyl (C=O) groups is 1. The predicted molar refractivity (Wildman–Crippen MR) is 166 cm³/mol. The van der Waals surface area contributed by atoms with Gasteiger partial charge in [0, 0.05) is 42.9 Å². The second-order valence-electron chi connectivity index (χ2n) is 11.4. The number of nitrogens with one attached hydrogen (secondary N) is 1. The van der Waals surface area contributed by atoms with Crippen molar-refractivity contribution in [1.29, 1.82) is 0 Å². The first-order chi connectivity index (χ1) is 18.6. The summed E-state index contributed by atoms with van der Waals surface area (Å²) in [5.41, 5.74) is 2.00. The molecular formula is C31H45Cl3N2O4. The number of nitrogens with zero attached hydrogens (tertiary/aromatic N) is 1. The molecule has 9 heteroatoms. The normalized spacial score (nSPS) is 22.9. The Morgan fingerprint density at radius 2 is 1.40 bits per heavy atom. The van der Waals surface area contributed by atoms with E-state index < -0.39 is 5.60 Å². The Hall–Kier alpha value is -1.54. The number of methoxy groups -OCH3 is 2. The average molecular weight is 616 g/mol. The van der Waals surface area contributed by atoms with Crippen molar-refractivity contribution in [2.24, 2.45) is 0 Å². The molecule has 0 radical (unpaired) electrons. The van der Waals surface area contributed by atoms with Crippen LogP contribution >= 0.6 is 35.6 Å². The zero-order chi connectivity index (χ0) is 28.4. The molecule has 1 amide bonds. The van der Waals surface area contributed by atoms with Gasteiger partial charge in [-0.2, -0.15) is 0 Å². The first-order valence-electron chi connectivity index (χ1n) is 13.8. The molecule has 4 rings (SSSR count). The Kier molecular flexibility index (Phi) is 14.5. The zero-order valence-corrected chi connectivity index (χ0v) is 26.7. The molecule has 2 saturated heterocycles. The Morgan fingerprint density at radius 3 is 1.93 bits per heavy atom. The molecule has 2 aliphatic rings. The molecule has 0 aromatic heterocycles. The summed E-state index contributed by atoms with van der Waals surface area (Å²) < 4.78 is 16.5. The highest BCUT2D eigenvalue weighted by molar-refractivity contribution is 6.30. The van der Waals surface area contributed by atoms with Gasteiger partial charge in [0.05, 0.1) is 12.2 Å². The van der Waals surface area contributed by atoms with Gasteiger partial charge in [-0.1, -0.05) is 47.5 Å². The summed E-state index contributed by atoms with van der Waals surface area (Å²) in [5, 5.41) is 5.05. The topological polar surface area (TPSA) is 60.0 Å². The number of ether oxygens (including phenoxy) is 3. The van der Waals surface area contributed by atoms with Crippen molar-refractivity contribution in [2.75, 3.05) is 27.3 Å². The molecule has 4 atom stereocenters. The number of halogens is 3. The Balaban J connectivity index is 0.000000290. The first kappa shape index (κ1) is 34.7. The van der Waals surface area contributed by atoms with Gasteiger partial charge in [0.25, 0.3) is 0 Å². The average Bonchev–Trinajstić information content (AvgIpc) is 2.91. The molecule has 2 aliphatic heterocycles. The molecule has 0 aliphatic carbocycles. The molecule has 2 aromatic rings. The van der Waals surface area contributed by atoms with E-state index in [-0.39, 0.29) is 30.6 Å². The van der Waals surface area contributed by atoms with E-state index in [2.05, 4.69) is 17.4 Å². The summed E-state index contributed by atoms with van der Waals surface area (Å²) >= 11 is 11.8. The Morgan fingerprint density at radius 1 is 0.875 bits per heavy atom. The second-order valence-corrected chi connectivity index (χ2v) is 12.3. The van der Waals surface area contributed by atoms with Crippen LogP contribution in [-0.2, 0) is 27.1 Å². The maximum absolute atomic E-state index is 12.5. The fourth-order valence-electron chi connectivity index (χ4n) is 5.12. The molecule has 6 nitrogen and oxygen atoms in total. The highest BCUT2D eigenvalue weighted by atomic mass is 35.5. The predicted octanol–water partition coefficient (Wildman–Crippen LogP) is 7.37. The standard InChI is InChI=1S/C18H26ClNO3.C13H18ClNO.ClH/c1-18(2,3)23-17(21)20-10-9-16(22-4)12-15(20)11-13-5-7-14(19)8-6-13;1-16-13-6-7-15-12(9-13)8-10-2-4-11(14)5-3-10;/h5-8,15-16H,9-12H2,1-4H3;2-5,12-13,15H,6-9H2,1H3;1H/t15?,16-;12?,13-;/m00./s1. The van der Waals surface area contributed by atoms with Crippen LogP contribution in [0.2, 0.25) is 10.0 Å². The number of rotatable bonds is 6. The smallest absolute Gasteiger partial charge is 0.410 e. The van der Waals surface area contributed by atoms with Crippen molar-refractivity contribution >= 4 is 41.7 Å². The van der Waals surface area contributed by atoms with Crippen LogP contribution in [0.1, 0.15) is 57.6 Å².